The fourth-order valence-corrected chi connectivity index (χ4v) is 2.07. The van der Waals surface area contributed by atoms with Crippen LogP contribution >= 0.6 is 11.3 Å². The molecule has 0 spiro atoms. The van der Waals surface area contributed by atoms with Crippen LogP contribution in [0.3, 0.4) is 0 Å². The summed E-state index contributed by atoms with van der Waals surface area (Å²) in [5.41, 5.74) is 1.12. The summed E-state index contributed by atoms with van der Waals surface area (Å²) >= 11 is 1.55. The van der Waals surface area contributed by atoms with E-state index in [1.54, 1.807) is 11.3 Å². The quantitative estimate of drug-likeness (QED) is 0.813. The molecule has 14 heavy (non-hydrogen) atoms. The van der Waals surface area contributed by atoms with Crippen molar-refractivity contribution in [3.8, 4) is 0 Å². The minimum Gasteiger partial charge on any atom is -0.391 e. The lowest BCUT2D eigenvalue weighted by Crippen LogP contribution is -2.08. The molecule has 0 aliphatic rings. The number of carbonyl (C=O) groups excluding carboxylic acids is 1. The first-order chi connectivity index (χ1) is 6.65. The Kier molecular flexibility index (Phi) is 4.29. The van der Waals surface area contributed by atoms with Crippen LogP contribution in [0.25, 0.3) is 0 Å². The Bertz CT molecular complexity index is 302. The summed E-state index contributed by atoms with van der Waals surface area (Å²) < 4.78 is 0. The predicted octanol–water partition coefficient (Wildman–Crippen LogP) is 2.40. The average molecular weight is 212 g/mol. The van der Waals surface area contributed by atoms with Crippen molar-refractivity contribution in [1.29, 1.82) is 0 Å². The highest BCUT2D eigenvalue weighted by Crippen LogP contribution is 2.18. The topological polar surface area (TPSA) is 37.3 Å². The lowest BCUT2D eigenvalue weighted by Gasteiger charge is -2.03. The average Bonchev–Trinajstić information content (AvgIpc) is 2.60. The van der Waals surface area contributed by atoms with Crippen LogP contribution in [0.5, 0.6) is 0 Å². The summed E-state index contributed by atoms with van der Waals surface area (Å²) in [6.07, 6.45) is 1.35. The molecule has 0 saturated carbocycles. The van der Waals surface area contributed by atoms with Gasteiger partial charge in [-0.1, -0.05) is 13.8 Å². The number of aryl methyl sites for hydroxylation is 1. The van der Waals surface area contributed by atoms with Crippen molar-refractivity contribution in [2.24, 2.45) is 5.92 Å². The maximum absolute atomic E-state index is 11.4. The molecule has 0 aliphatic heterocycles. The first-order valence-electron chi connectivity index (χ1n) is 4.84. The predicted molar refractivity (Wildman–Crippen MR) is 58.4 cm³/mol. The van der Waals surface area contributed by atoms with Gasteiger partial charge in [-0.3, -0.25) is 4.79 Å². The fraction of sp³-hybridized carbons (Fsp3) is 0.545. The molecule has 1 aromatic heterocycles. The van der Waals surface area contributed by atoms with Crippen LogP contribution in [0.2, 0.25) is 0 Å². The zero-order valence-electron chi connectivity index (χ0n) is 8.62. The molecule has 0 radical (unpaired) electrons. The van der Waals surface area contributed by atoms with Crippen molar-refractivity contribution < 1.29 is 9.90 Å². The molecule has 0 fully saturated rings. The van der Waals surface area contributed by atoms with Gasteiger partial charge in [0.25, 0.3) is 0 Å². The van der Waals surface area contributed by atoms with Crippen LogP contribution in [0.15, 0.2) is 11.4 Å². The molecule has 0 saturated heterocycles. The van der Waals surface area contributed by atoms with Crippen LogP contribution in [0, 0.1) is 5.92 Å². The van der Waals surface area contributed by atoms with Gasteiger partial charge < -0.3 is 5.11 Å². The molecule has 0 aromatic carbocycles. The van der Waals surface area contributed by atoms with Gasteiger partial charge in [0.05, 0.1) is 6.61 Å². The lowest BCUT2D eigenvalue weighted by atomic mass is 10.0. The largest absolute Gasteiger partial charge is 0.391 e. The van der Waals surface area contributed by atoms with Crippen molar-refractivity contribution in [2.45, 2.75) is 33.3 Å². The summed E-state index contributed by atoms with van der Waals surface area (Å²) in [4.78, 5) is 12.4. The van der Waals surface area contributed by atoms with E-state index in [1.165, 1.54) is 0 Å². The number of hydrogen-bond donors (Lipinski definition) is 1. The highest BCUT2D eigenvalue weighted by Gasteiger charge is 2.09. The Hall–Kier alpha value is -0.670. The molecule has 1 rings (SSSR count). The molecule has 3 heteroatoms. The lowest BCUT2D eigenvalue weighted by molar-refractivity contribution is -0.121. The molecule has 0 bridgehead atoms. The molecule has 0 atom stereocenters. The van der Waals surface area contributed by atoms with Crippen LogP contribution < -0.4 is 0 Å². The maximum atomic E-state index is 11.4. The zero-order valence-corrected chi connectivity index (χ0v) is 9.43. The number of ketones is 1. The summed E-state index contributed by atoms with van der Waals surface area (Å²) in [6, 6.07) is 1.99. The third-order valence-corrected chi connectivity index (χ3v) is 3.21. The van der Waals surface area contributed by atoms with Crippen molar-refractivity contribution in [3.63, 3.8) is 0 Å². The summed E-state index contributed by atoms with van der Waals surface area (Å²) in [7, 11) is 0. The van der Waals surface area contributed by atoms with Gasteiger partial charge in [0.2, 0.25) is 0 Å². The second-order valence-corrected chi connectivity index (χ2v) is 4.65. The van der Waals surface area contributed by atoms with Gasteiger partial charge in [-0.2, -0.15) is 0 Å². The summed E-state index contributed by atoms with van der Waals surface area (Å²) in [6.45, 7) is 3.93. The zero-order chi connectivity index (χ0) is 10.6. The van der Waals surface area contributed by atoms with Gasteiger partial charge in [-0.15, -0.1) is 11.3 Å². The molecular formula is C11H16O2S. The molecule has 78 valence electrons. The monoisotopic (exact) mass is 212 g/mol. The van der Waals surface area contributed by atoms with Gasteiger partial charge in [-0.25, -0.2) is 0 Å². The third-order valence-electron chi connectivity index (χ3n) is 2.27. The van der Waals surface area contributed by atoms with E-state index >= 15 is 0 Å². The van der Waals surface area contributed by atoms with Gasteiger partial charge in [0.1, 0.15) is 5.78 Å². The molecule has 1 N–H and O–H groups in total. The van der Waals surface area contributed by atoms with Gasteiger partial charge >= 0.3 is 0 Å². The van der Waals surface area contributed by atoms with Crippen molar-refractivity contribution in [3.05, 3.63) is 21.9 Å². The van der Waals surface area contributed by atoms with E-state index in [-0.39, 0.29) is 12.5 Å². The normalized spacial score (nSPS) is 10.9. The minimum atomic E-state index is 0.0862. The number of rotatable bonds is 5. The Morgan fingerprint density at radius 2 is 2.29 bits per heavy atom. The first-order valence-corrected chi connectivity index (χ1v) is 5.72. The minimum absolute atomic E-state index is 0.0862. The Labute approximate surface area is 88.6 Å². The standard InChI is InChI=1S/C11H16O2S/c1-8(2)10(13)4-3-9-5-6-14-11(9)7-12/h5-6,8,12H,3-4,7H2,1-2H3. The molecule has 2 nitrogen and oxygen atoms in total. The van der Waals surface area contributed by atoms with Crippen LogP contribution in [0.1, 0.15) is 30.7 Å². The molecule has 0 amide bonds. The second kappa shape index (κ2) is 5.27. The number of Topliss-reactive ketones (excluding diaryl/α,β-unsaturated/α-hetero) is 1. The SMILES string of the molecule is CC(C)C(=O)CCc1ccsc1CO. The van der Waals surface area contributed by atoms with Crippen LogP contribution in [0.4, 0.5) is 0 Å². The number of aliphatic hydroxyl groups excluding tert-OH is 1. The van der Waals surface area contributed by atoms with Crippen molar-refractivity contribution >= 4 is 17.1 Å². The summed E-state index contributed by atoms with van der Waals surface area (Å²) in [5, 5.41) is 11.0. The Morgan fingerprint density at radius 3 is 2.86 bits per heavy atom. The smallest absolute Gasteiger partial charge is 0.135 e. The highest BCUT2D eigenvalue weighted by atomic mass is 32.1. The van der Waals surface area contributed by atoms with E-state index < -0.39 is 0 Å². The van der Waals surface area contributed by atoms with Gasteiger partial charge in [0.15, 0.2) is 0 Å². The van der Waals surface area contributed by atoms with E-state index in [1.807, 2.05) is 25.3 Å². The third kappa shape index (κ3) is 2.93. The highest BCUT2D eigenvalue weighted by molar-refractivity contribution is 7.10. The van der Waals surface area contributed by atoms with Crippen molar-refractivity contribution in [1.82, 2.24) is 0 Å². The fourth-order valence-electron chi connectivity index (χ4n) is 1.28. The second-order valence-electron chi connectivity index (χ2n) is 3.65. The number of thiophene rings is 1. The molecular weight excluding hydrogens is 196 g/mol. The summed E-state index contributed by atoms with van der Waals surface area (Å²) in [5.74, 6) is 0.409. The molecule has 0 unspecified atom stereocenters. The van der Waals surface area contributed by atoms with Crippen LogP contribution in [-0.2, 0) is 17.8 Å². The molecule has 1 aromatic rings. The maximum Gasteiger partial charge on any atom is 0.135 e. The Balaban J connectivity index is 2.49. The number of hydrogen-bond acceptors (Lipinski definition) is 3. The van der Waals surface area contributed by atoms with Gasteiger partial charge in [-0.05, 0) is 23.4 Å². The van der Waals surface area contributed by atoms with E-state index in [2.05, 4.69) is 0 Å². The van der Waals surface area contributed by atoms with E-state index in [9.17, 15) is 4.79 Å². The van der Waals surface area contributed by atoms with E-state index in [0.29, 0.717) is 12.2 Å². The van der Waals surface area contributed by atoms with E-state index in [4.69, 9.17) is 5.11 Å². The first kappa shape index (κ1) is 11.4. The van der Waals surface area contributed by atoms with E-state index in [0.717, 1.165) is 16.9 Å². The van der Waals surface area contributed by atoms with Gasteiger partial charge in [0, 0.05) is 17.2 Å². The molecule has 1 heterocycles. The van der Waals surface area contributed by atoms with Crippen LogP contribution in [-0.4, -0.2) is 10.9 Å². The number of aliphatic hydroxyl groups is 1. The number of carbonyl (C=O) groups is 1. The molecule has 0 aliphatic carbocycles. The Morgan fingerprint density at radius 1 is 1.57 bits per heavy atom. The van der Waals surface area contributed by atoms with Crippen molar-refractivity contribution in [2.75, 3.05) is 0 Å².